The zero-order valence-corrected chi connectivity index (χ0v) is 29.9. The van der Waals surface area contributed by atoms with Crippen LogP contribution in [0.5, 0.6) is 0 Å². The van der Waals surface area contributed by atoms with Gasteiger partial charge < -0.3 is 65.1 Å². The summed E-state index contributed by atoms with van der Waals surface area (Å²) in [5.41, 5.74) is 0. The fourth-order valence-corrected chi connectivity index (χ4v) is 5.94. The summed E-state index contributed by atoms with van der Waals surface area (Å²) < 4.78 is 22.4. The quantitative estimate of drug-likeness (QED) is 0.0476. The van der Waals surface area contributed by atoms with Crippen molar-refractivity contribution in [1.29, 1.82) is 0 Å². The number of aliphatic hydroxyl groups is 8. The lowest BCUT2D eigenvalue weighted by molar-refractivity contribution is -0.359. The SMILES string of the molecule is CCC/C=C\CCCCCCCC(=O)NC(COC1OC(CO)C(OC2OC(CO)C(O)C(O)C2O)C(O)C1O)C(O)/C=C/CCCCCC. The van der Waals surface area contributed by atoms with Crippen LogP contribution in [-0.4, -0.2) is 140 Å². The molecule has 9 N–H and O–H groups in total. The summed E-state index contributed by atoms with van der Waals surface area (Å²) >= 11 is 0. The molecule has 2 aliphatic heterocycles. The Morgan fingerprint density at radius 1 is 0.700 bits per heavy atom. The largest absolute Gasteiger partial charge is 0.394 e. The van der Waals surface area contributed by atoms with E-state index < -0.39 is 86.8 Å². The lowest BCUT2D eigenvalue weighted by Gasteiger charge is -2.46. The van der Waals surface area contributed by atoms with Gasteiger partial charge in [0.05, 0.1) is 32.0 Å². The first-order valence-corrected chi connectivity index (χ1v) is 18.6. The number of hydrogen-bond acceptors (Lipinski definition) is 13. The van der Waals surface area contributed by atoms with Crippen molar-refractivity contribution in [2.24, 2.45) is 0 Å². The van der Waals surface area contributed by atoms with E-state index in [1.54, 1.807) is 6.08 Å². The van der Waals surface area contributed by atoms with Crippen LogP contribution in [0.15, 0.2) is 24.3 Å². The van der Waals surface area contributed by atoms with Crippen molar-refractivity contribution in [1.82, 2.24) is 5.32 Å². The van der Waals surface area contributed by atoms with E-state index in [0.29, 0.717) is 6.42 Å². The third-order valence-corrected chi connectivity index (χ3v) is 9.11. The molecule has 0 aromatic heterocycles. The number of allylic oxidation sites excluding steroid dienone is 3. The Morgan fingerprint density at radius 3 is 1.98 bits per heavy atom. The number of carbonyl (C=O) groups is 1. The predicted molar refractivity (Wildman–Crippen MR) is 185 cm³/mol. The molecule has 2 heterocycles. The monoisotopic (exact) mass is 719 g/mol. The van der Waals surface area contributed by atoms with E-state index in [1.807, 2.05) is 6.08 Å². The molecule has 2 aliphatic rings. The zero-order valence-electron chi connectivity index (χ0n) is 29.9. The molecular weight excluding hydrogens is 654 g/mol. The second-order valence-electron chi connectivity index (χ2n) is 13.3. The molecular formula is C36H65NO13. The maximum absolute atomic E-state index is 12.9. The first kappa shape index (κ1) is 44.6. The summed E-state index contributed by atoms with van der Waals surface area (Å²) in [5, 5.41) is 85.6. The molecule has 14 heteroatoms. The number of rotatable bonds is 25. The second kappa shape index (κ2) is 25.4. The highest BCUT2D eigenvalue weighted by Gasteiger charge is 2.50. The van der Waals surface area contributed by atoms with Gasteiger partial charge in [0.2, 0.25) is 5.91 Å². The van der Waals surface area contributed by atoms with Crippen LogP contribution in [0.2, 0.25) is 0 Å². The lowest BCUT2D eigenvalue weighted by Crippen LogP contribution is -2.65. The highest BCUT2D eigenvalue weighted by Crippen LogP contribution is 2.29. The average molecular weight is 720 g/mol. The van der Waals surface area contributed by atoms with E-state index in [4.69, 9.17) is 18.9 Å². The van der Waals surface area contributed by atoms with Gasteiger partial charge in [-0.15, -0.1) is 0 Å². The molecule has 2 rings (SSSR count). The van der Waals surface area contributed by atoms with Gasteiger partial charge in [-0.1, -0.05) is 83.1 Å². The Hall–Kier alpha value is -1.53. The normalized spacial score (nSPS) is 31.7. The second-order valence-corrected chi connectivity index (χ2v) is 13.3. The number of unbranched alkanes of at least 4 members (excludes halogenated alkanes) is 10. The number of nitrogens with one attached hydrogen (secondary N) is 1. The minimum Gasteiger partial charge on any atom is -0.394 e. The molecule has 12 unspecified atom stereocenters. The summed E-state index contributed by atoms with van der Waals surface area (Å²) in [6.45, 7) is 2.56. The van der Waals surface area contributed by atoms with Crippen LogP contribution in [-0.2, 0) is 23.7 Å². The van der Waals surface area contributed by atoms with Crippen molar-refractivity contribution in [2.45, 2.75) is 177 Å². The minimum atomic E-state index is -1.78. The summed E-state index contributed by atoms with van der Waals surface area (Å²) in [5.74, 6) is -0.261. The van der Waals surface area contributed by atoms with Gasteiger partial charge in [-0.25, -0.2) is 0 Å². The fraction of sp³-hybridized carbons (Fsp3) is 0.861. The smallest absolute Gasteiger partial charge is 0.220 e. The molecule has 0 bridgehead atoms. The predicted octanol–water partition coefficient (Wildman–Crippen LogP) is 1.09. The molecule has 0 radical (unpaired) electrons. The van der Waals surface area contributed by atoms with Crippen LogP contribution >= 0.6 is 0 Å². The highest BCUT2D eigenvalue weighted by molar-refractivity contribution is 5.76. The van der Waals surface area contributed by atoms with Crippen molar-refractivity contribution < 1.29 is 64.6 Å². The number of hydrogen-bond donors (Lipinski definition) is 9. The Labute approximate surface area is 297 Å². The molecule has 12 atom stereocenters. The molecule has 0 saturated carbocycles. The Bertz CT molecular complexity index is 951. The van der Waals surface area contributed by atoms with Gasteiger partial charge in [-0.05, 0) is 38.5 Å². The number of aliphatic hydroxyl groups excluding tert-OH is 8. The van der Waals surface area contributed by atoms with Gasteiger partial charge in [-0.3, -0.25) is 4.79 Å². The Morgan fingerprint density at radius 2 is 1.30 bits per heavy atom. The molecule has 0 spiro atoms. The topological polar surface area (TPSA) is 228 Å². The summed E-state index contributed by atoms with van der Waals surface area (Å²) in [7, 11) is 0. The lowest BCUT2D eigenvalue weighted by atomic mass is 9.97. The first-order chi connectivity index (χ1) is 24.1. The average Bonchev–Trinajstić information content (AvgIpc) is 3.11. The van der Waals surface area contributed by atoms with E-state index >= 15 is 0 Å². The van der Waals surface area contributed by atoms with Crippen molar-refractivity contribution in [3.05, 3.63) is 24.3 Å². The number of carbonyl (C=O) groups excluding carboxylic acids is 1. The van der Waals surface area contributed by atoms with Gasteiger partial charge in [0.15, 0.2) is 12.6 Å². The third kappa shape index (κ3) is 15.2. The maximum Gasteiger partial charge on any atom is 0.220 e. The van der Waals surface area contributed by atoms with Crippen LogP contribution in [0.4, 0.5) is 0 Å². The number of ether oxygens (including phenoxy) is 4. The summed E-state index contributed by atoms with van der Waals surface area (Å²) in [6.07, 6.45) is 4.37. The van der Waals surface area contributed by atoms with Crippen LogP contribution in [0.3, 0.4) is 0 Å². The molecule has 292 valence electrons. The molecule has 14 nitrogen and oxygen atoms in total. The van der Waals surface area contributed by atoms with E-state index in [-0.39, 0.29) is 18.9 Å². The van der Waals surface area contributed by atoms with Crippen LogP contribution in [0.25, 0.3) is 0 Å². The zero-order chi connectivity index (χ0) is 36.9. The Balaban J connectivity index is 1.97. The Kier molecular flexibility index (Phi) is 22.7. The van der Waals surface area contributed by atoms with Gasteiger partial charge in [0, 0.05) is 6.42 Å². The van der Waals surface area contributed by atoms with Crippen LogP contribution in [0.1, 0.15) is 104 Å². The van der Waals surface area contributed by atoms with Gasteiger partial charge in [0.1, 0.15) is 48.8 Å². The van der Waals surface area contributed by atoms with Crippen molar-refractivity contribution >= 4 is 5.91 Å². The molecule has 1 amide bonds. The van der Waals surface area contributed by atoms with Crippen LogP contribution < -0.4 is 5.32 Å². The van der Waals surface area contributed by atoms with E-state index in [0.717, 1.165) is 77.0 Å². The van der Waals surface area contributed by atoms with Crippen molar-refractivity contribution in [2.75, 3.05) is 19.8 Å². The molecule has 50 heavy (non-hydrogen) atoms. The van der Waals surface area contributed by atoms with Gasteiger partial charge >= 0.3 is 0 Å². The molecule has 2 fully saturated rings. The van der Waals surface area contributed by atoms with E-state index in [2.05, 4.69) is 31.3 Å². The maximum atomic E-state index is 12.9. The van der Waals surface area contributed by atoms with Gasteiger partial charge in [-0.2, -0.15) is 0 Å². The molecule has 0 aromatic rings. The summed E-state index contributed by atoms with van der Waals surface area (Å²) in [6, 6.07) is -0.909. The minimum absolute atomic E-state index is 0.261. The van der Waals surface area contributed by atoms with Crippen molar-refractivity contribution in [3.8, 4) is 0 Å². The number of amides is 1. The van der Waals surface area contributed by atoms with Gasteiger partial charge in [0.25, 0.3) is 0 Å². The first-order valence-electron chi connectivity index (χ1n) is 18.6. The standard InChI is InChI=1S/C36H65NO13/c1-3-5-7-9-11-12-13-14-16-18-20-28(41)37-24(25(40)19-17-15-10-8-6-4-2)23-47-35-33(46)31(44)34(27(22-39)49-35)50-36-32(45)30(43)29(42)26(21-38)48-36/h7,9,17,19,24-27,29-36,38-40,42-46H,3-6,8,10-16,18,20-23H2,1-2H3,(H,37,41)/b9-7-,19-17+. The fourth-order valence-electron chi connectivity index (χ4n) is 5.94. The summed E-state index contributed by atoms with van der Waals surface area (Å²) in [4.78, 5) is 12.9. The van der Waals surface area contributed by atoms with Crippen LogP contribution in [0, 0.1) is 0 Å². The van der Waals surface area contributed by atoms with E-state index in [1.165, 1.54) is 0 Å². The molecule has 0 aromatic carbocycles. The third-order valence-electron chi connectivity index (χ3n) is 9.11. The molecule has 2 saturated heterocycles. The van der Waals surface area contributed by atoms with E-state index in [9.17, 15) is 45.6 Å². The molecule has 0 aliphatic carbocycles. The van der Waals surface area contributed by atoms with Crippen molar-refractivity contribution in [3.63, 3.8) is 0 Å². The highest BCUT2D eigenvalue weighted by atomic mass is 16.7.